The Labute approximate surface area is 189 Å². The van der Waals surface area contributed by atoms with E-state index < -0.39 is 0 Å². The van der Waals surface area contributed by atoms with Gasteiger partial charge in [-0.15, -0.1) is 0 Å². The van der Waals surface area contributed by atoms with Crippen LogP contribution in [-0.4, -0.2) is 36.5 Å². The van der Waals surface area contributed by atoms with Crippen molar-refractivity contribution in [2.24, 2.45) is 5.92 Å². The molecular weight excluding hydrogens is 415 g/mol. The maximum atomic E-state index is 14.0. The van der Waals surface area contributed by atoms with Gasteiger partial charge in [0.2, 0.25) is 5.91 Å². The highest BCUT2D eigenvalue weighted by Crippen LogP contribution is 2.24. The minimum absolute atomic E-state index is 0.0276. The van der Waals surface area contributed by atoms with Crippen LogP contribution >= 0.6 is 11.6 Å². The van der Waals surface area contributed by atoms with Gasteiger partial charge in [-0.05, 0) is 82.4 Å². The molecule has 0 bridgehead atoms. The highest BCUT2D eigenvalue weighted by Gasteiger charge is 2.25. The van der Waals surface area contributed by atoms with Crippen molar-refractivity contribution >= 4 is 17.5 Å². The van der Waals surface area contributed by atoms with Crippen molar-refractivity contribution in [1.29, 1.82) is 0 Å². The van der Waals surface area contributed by atoms with Crippen LogP contribution in [0, 0.1) is 11.7 Å². The van der Waals surface area contributed by atoms with Gasteiger partial charge < -0.3 is 10.1 Å². The number of hydrogen-bond acceptors (Lipinski definition) is 3. The van der Waals surface area contributed by atoms with Crippen LogP contribution in [-0.2, 0) is 17.8 Å². The topological polar surface area (TPSA) is 41.6 Å². The van der Waals surface area contributed by atoms with Crippen LogP contribution in [0.5, 0.6) is 5.75 Å². The lowest BCUT2D eigenvalue weighted by Gasteiger charge is -2.31. The van der Waals surface area contributed by atoms with Crippen molar-refractivity contribution in [2.45, 2.75) is 52.2 Å². The number of carbonyl (C=O) groups excluding carboxylic acids is 1. The van der Waals surface area contributed by atoms with E-state index in [4.69, 9.17) is 16.3 Å². The quantitative estimate of drug-likeness (QED) is 0.536. The Kier molecular flexibility index (Phi) is 8.73. The number of nitrogens with one attached hydrogen (secondary N) is 1. The molecule has 2 aromatic rings. The highest BCUT2D eigenvalue weighted by atomic mass is 35.5. The summed E-state index contributed by atoms with van der Waals surface area (Å²) in [6, 6.07) is 12.9. The van der Waals surface area contributed by atoms with E-state index in [0.717, 1.165) is 44.5 Å². The van der Waals surface area contributed by atoms with E-state index in [2.05, 4.69) is 22.3 Å². The molecule has 31 heavy (non-hydrogen) atoms. The summed E-state index contributed by atoms with van der Waals surface area (Å²) in [5.41, 5.74) is 1.78. The third kappa shape index (κ3) is 7.22. The maximum absolute atomic E-state index is 14.0. The van der Waals surface area contributed by atoms with E-state index in [1.807, 2.05) is 26.0 Å². The number of amides is 1. The Morgan fingerprint density at radius 2 is 1.90 bits per heavy atom. The van der Waals surface area contributed by atoms with Gasteiger partial charge in [-0.1, -0.05) is 29.8 Å². The van der Waals surface area contributed by atoms with Gasteiger partial charge >= 0.3 is 0 Å². The fourth-order valence-electron chi connectivity index (χ4n) is 3.92. The number of piperidine rings is 1. The number of benzene rings is 2. The predicted molar refractivity (Wildman–Crippen MR) is 123 cm³/mol. The monoisotopic (exact) mass is 446 g/mol. The molecule has 1 aliphatic heterocycles. The number of aryl methyl sites for hydroxylation is 1. The molecule has 168 valence electrons. The number of carbonyl (C=O) groups is 1. The van der Waals surface area contributed by atoms with E-state index in [1.54, 1.807) is 12.1 Å². The normalized spacial score (nSPS) is 15.3. The number of rotatable bonds is 9. The summed E-state index contributed by atoms with van der Waals surface area (Å²) in [5.74, 6) is 0.772. The molecular formula is C25H32ClFN2O2. The van der Waals surface area contributed by atoms with Crippen molar-refractivity contribution in [2.75, 3.05) is 19.6 Å². The Balaban J connectivity index is 1.35. The Morgan fingerprint density at radius 1 is 1.19 bits per heavy atom. The van der Waals surface area contributed by atoms with E-state index in [9.17, 15) is 9.18 Å². The zero-order chi connectivity index (χ0) is 22.2. The molecule has 0 radical (unpaired) electrons. The average Bonchev–Trinajstić information content (AvgIpc) is 2.75. The third-order valence-electron chi connectivity index (χ3n) is 5.64. The van der Waals surface area contributed by atoms with Gasteiger partial charge in [0.1, 0.15) is 11.6 Å². The van der Waals surface area contributed by atoms with Gasteiger partial charge in [-0.2, -0.15) is 0 Å². The molecule has 0 spiro atoms. The lowest BCUT2D eigenvalue weighted by atomic mass is 9.95. The SMILES string of the molecule is CC(C)Oc1ccc(CCCNC(=O)C2CCN(Cc3c(F)cccc3Cl)CC2)cc1. The second-order valence-electron chi connectivity index (χ2n) is 8.46. The molecule has 3 rings (SSSR count). The fraction of sp³-hybridized carbons (Fsp3) is 0.480. The summed E-state index contributed by atoms with van der Waals surface area (Å²) in [4.78, 5) is 14.7. The fourth-order valence-corrected chi connectivity index (χ4v) is 4.14. The molecule has 0 atom stereocenters. The van der Waals surface area contributed by atoms with Crippen LogP contribution in [0.3, 0.4) is 0 Å². The number of nitrogens with zero attached hydrogens (tertiary/aromatic N) is 1. The number of halogens is 2. The van der Waals surface area contributed by atoms with Crippen molar-refractivity contribution in [3.8, 4) is 5.75 Å². The van der Waals surface area contributed by atoms with E-state index >= 15 is 0 Å². The van der Waals surface area contributed by atoms with Crippen molar-refractivity contribution in [1.82, 2.24) is 10.2 Å². The smallest absolute Gasteiger partial charge is 0.223 e. The summed E-state index contributed by atoms with van der Waals surface area (Å²) < 4.78 is 19.7. The lowest BCUT2D eigenvalue weighted by molar-refractivity contribution is -0.126. The molecule has 1 heterocycles. The second kappa shape index (κ2) is 11.5. The van der Waals surface area contributed by atoms with Crippen LogP contribution < -0.4 is 10.1 Å². The van der Waals surface area contributed by atoms with Crippen LogP contribution in [0.2, 0.25) is 5.02 Å². The standard InChI is InChI=1S/C25H32ClFN2O2/c1-18(2)31-21-10-8-19(9-11-21)5-4-14-28-25(30)20-12-15-29(16-13-20)17-22-23(26)6-3-7-24(22)27/h3,6-11,18,20H,4-5,12-17H2,1-2H3,(H,28,30). The predicted octanol–water partition coefficient (Wildman–Crippen LogP) is 5.23. The van der Waals surface area contributed by atoms with E-state index in [0.29, 0.717) is 23.7 Å². The van der Waals surface area contributed by atoms with Crippen LogP contribution in [0.1, 0.15) is 44.2 Å². The Bertz CT molecular complexity index is 829. The molecule has 6 heteroatoms. The first-order valence-electron chi connectivity index (χ1n) is 11.1. The summed E-state index contributed by atoms with van der Waals surface area (Å²) in [5, 5.41) is 3.54. The first kappa shape index (κ1) is 23.6. The average molecular weight is 447 g/mol. The number of likely N-dealkylation sites (tertiary alicyclic amines) is 1. The summed E-state index contributed by atoms with van der Waals surface area (Å²) >= 11 is 6.13. The maximum Gasteiger partial charge on any atom is 0.223 e. The van der Waals surface area contributed by atoms with E-state index in [-0.39, 0.29) is 23.7 Å². The molecule has 1 fully saturated rings. The molecule has 1 amide bonds. The Morgan fingerprint density at radius 3 is 2.55 bits per heavy atom. The highest BCUT2D eigenvalue weighted by molar-refractivity contribution is 6.31. The van der Waals surface area contributed by atoms with E-state index in [1.165, 1.54) is 11.6 Å². The molecule has 2 aromatic carbocycles. The van der Waals surface area contributed by atoms with Crippen molar-refractivity contribution in [3.05, 3.63) is 64.4 Å². The van der Waals surface area contributed by atoms with Crippen LogP contribution in [0.25, 0.3) is 0 Å². The van der Waals surface area contributed by atoms with Crippen LogP contribution in [0.4, 0.5) is 4.39 Å². The first-order chi connectivity index (χ1) is 14.9. The van der Waals surface area contributed by atoms with Gasteiger partial charge in [-0.25, -0.2) is 4.39 Å². The molecule has 1 N–H and O–H groups in total. The summed E-state index contributed by atoms with van der Waals surface area (Å²) in [7, 11) is 0. The van der Waals surface area contributed by atoms with Gasteiger partial charge in [-0.3, -0.25) is 9.69 Å². The zero-order valence-electron chi connectivity index (χ0n) is 18.4. The largest absolute Gasteiger partial charge is 0.491 e. The van der Waals surface area contributed by atoms with Crippen LogP contribution in [0.15, 0.2) is 42.5 Å². The molecule has 0 aromatic heterocycles. The third-order valence-corrected chi connectivity index (χ3v) is 5.99. The van der Waals surface area contributed by atoms with Crippen molar-refractivity contribution in [3.63, 3.8) is 0 Å². The molecule has 1 aliphatic rings. The number of ether oxygens (including phenoxy) is 1. The van der Waals surface area contributed by atoms with Gasteiger partial charge in [0.25, 0.3) is 0 Å². The van der Waals surface area contributed by atoms with Crippen molar-refractivity contribution < 1.29 is 13.9 Å². The summed E-state index contributed by atoms with van der Waals surface area (Å²) in [6.45, 7) is 6.73. The number of hydrogen-bond donors (Lipinski definition) is 1. The molecule has 0 unspecified atom stereocenters. The minimum Gasteiger partial charge on any atom is -0.491 e. The Hall–Kier alpha value is -2.11. The van der Waals surface area contributed by atoms with Gasteiger partial charge in [0, 0.05) is 29.6 Å². The molecule has 0 saturated carbocycles. The summed E-state index contributed by atoms with van der Waals surface area (Å²) in [6.07, 6.45) is 3.57. The lowest BCUT2D eigenvalue weighted by Crippen LogP contribution is -2.40. The molecule has 0 aliphatic carbocycles. The molecule has 4 nitrogen and oxygen atoms in total. The second-order valence-corrected chi connectivity index (χ2v) is 8.86. The first-order valence-corrected chi connectivity index (χ1v) is 11.5. The minimum atomic E-state index is -0.269. The molecule has 1 saturated heterocycles. The zero-order valence-corrected chi connectivity index (χ0v) is 19.1. The van der Waals surface area contributed by atoms with Gasteiger partial charge in [0.15, 0.2) is 0 Å². The van der Waals surface area contributed by atoms with Gasteiger partial charge in [0.05, 0.1) is 6.10 Å².